The molecule has 31 heavy (non-hydrogen) atoms. The Balaban J connectivity index is 4.96. The van der Waals surface area contributed by atoms with Crippen LogP contribution in [0.5, 0.6) is 0 Å². The maximum absolute atomic E-state index is 6.46. The average Bonchev–Trinajstić information content (AvgIpc) is 2.78. The van der Waals surface area contributed by atoms with Crippen LogP contribution >= 0.6 is 11.8 Å². The molecule has 0 fully saturated rings. The fourth-order valence-corrected chi connectivity index (χ4v) is 13.0. The summed E-state index contributed by atoms with van der Waals surface area (Å²) < 4.78 is 30.4. The van der Waals surface area contributed by atoms with Crippen molar-refractivity contribution in [1.82, 2.24) is 0 Å². The van der Waals surface area contributed by atoms with E-state index in [1.165, 1.54) is 24.2 Å². The van der Waals surface area contributed by atoms with Gasteiger partial charge in [-0.1, -0.05) is 65.2 Å². The van der Waals surface area contributed by atoms with Gasteiger partial charge in [-0.2, -0.15) is 11.8 Å². The normalized spacial score (nSPS) is 13.6. The first-order valence-corrected chi connectivity index (χ1v) is 18.4. The van der Waals surface area contributed by atoms with Crippen LogP contribution in [-0.4, -0.2) is 73.8 Å². The molecule has 0 aliphatic heterocycles. The van der Waals surface area contributed by atoms with Gasteiger partial charge < -0.3 is 22.8 Å². The van der Waals surface area contributed by atoms with Gasteiger partial charge in [0.05, 0.1) is 39.4 Å². The number of ether oxygens (including phenoxy) is 2. The Morgan fingerprint density at radius 3 is 1.71 bits per heavy atom. The molecule has 5 nitrogen and oxygen atoms in total. The Bertz CT molecular complexity index is 386. The first-order chi connectivity index (χ1) is 15.0. The second kappa shape index (κ2) is 20.0. The first kappa shape index (κ1) is 31.6. The van der Waals surface area contributed by atoms with Crippen molar-refractivity contribution < 1.29 is 22.8 Å². The zero-order valence-electron chi connectivity index (χ0n) is 21.6. The van der Waals surface area contributed by atoms with E-state index in [2.05, 4.69) is 34.6 Å². The second-order valence-corrected chi connectivity index (χ2v) is 18.2. The largest absolute Gasteiger partial charge is 0.514 e. The summed E-state index contributed by atoms with van der Waals surface area (Å²) in [6.07, 6.45) is 3.40. The van der Waals surface area contributed by atoms with Gasteiger partial charge in [0.15, 0.2) is 0 Å². The van der Waals surface area contributed by atoms with Gasteiger partial charge in [0, 0.05) is 19.8 Å². The lowest BCUT2D eigenvalue weighted by atomic mass is 10.4. The van der Waals surface area contributed by atoms with Crippen molar-refractivity contribution in [2.24, 2.45) is 0 Å². The van der Waals surface area contributed by atoms with E-state index in [0.717, 1.165) is 31.6 Å². The third-order valence-electron chi connectivity index (χ3n) is 6.19. The van der Waals surface area contributed by atoms with Gasteiger partial charge in [-0.05, 0) is 32.4 Å². The average molecular weight is 497 g/mol. The van der Waals surface area contributed by atoms with Crippen molar-refractivity contribution in [3.63, 3.8) is 0 Å². The van der Waals surface area contributed by atoms with E-state index in [-0.39, 0.29) is 0 Å². The van der Waals surface area contributed by atoms with Crippen LogP contribution in [0.2, 0.25) is 24.2 Å². The zero-order valence-corrected chi connectivity index (χ0v) is 24.4. The molecule has 0 aliphatic carbocycles. The number of thioether (sulfide) groups is 1. The highest BCUT2D eigenvalue weighted by Gasteiger charge is 2.50. The summed E-state index contributed by atoms with van der Waals surface area (Å²) >= 11 is 1.96. The van der Waals surface area contributed by atoms with Crippen LogP contribution in [0.4, 0.5) is 0 Å². The van der Waals surface area contributed by atoms with Crippen molar-refractivity contribution in [2.45, 2.75) is 96.8 Å². The number of hydrogen-bond donors (Lipinski definition) is 0. The first-order valence-electron chi connectivity index (χ1n) is 12.7. The Kier molecular flexibility index (Phi) is 20.4. The summed E-state index contributed by atoms with van der Waals surface area (Å²) in [5.41, 5.74) is 0. The van der Waals surface area contributed by atoms with Gasteiger partial charge in [-0.3, -0.25) is 0 Å². The Labute approximate surface area is 200 Å². The van der Waals surface area contributed by atoms with Crippen LogP contribution in [0.15, 0.2) is 0 Å². The topological polar surface area (TPSA) is 46.2 Å². The molecular formula is C23H52O5SSi2. The molecule has 0 aromatic carbocycles. The minimum atomic E-state index is -2.80. The smallest absolute Gasteiger partial charge is 0.379 e. The van der Waals surface area contributed by atoms with E-state index < -0.39 is 16.9 Å². The Morgan fingerprint density at radius 1 is 0.677 bits per heavy atom. The predicted octanol–water partition coefficient (Wildman–Crippen LogP) is 6.41. The van der Waals surface area contributed by atoms with Gasteiger partial charge in [0.25, 0.3) is 0 Å². The van der Waals surface area contributed by atoms with E-state index in [1.54, 1.807) is 0 Å². The van der Waals surface area contributed by atoms with E-state index in [0.29, 0.717) is 44.5 Å². The molecule has 1 unspecified atom stereocenters. The summed E-state index contributed by atoms with van der Waals surface area (Å²) in [6, 6.07) is 5.40. The van der Waals surface area contributed by atoms with Crippen molar-refractivity contribution in [1.29, 1.82) is 0 Å². The van der Waals surface area contributed by atoms with Crippen LogP contribution < -0.4 is 0 Å². The van der Waals surface area contributed by atoms with Crippen molar-refractivity contribution in [3.8, 4) is 0 Å². The number of rotatable bonds is 23. The molecule has 0 amide bonds. The highest BCUT2D eigenvalue weighted by Crippen LogP contribution is 2.35. The molecule has 0 saturated carbocycles. The molecular weight excluding hydrogens is 444 g/mol. The molecule has 0 aromatic rings. The quantitative estimate of drug-likeness (QED) is 0.120. The van der Waals surface area contributed by atoms with Crippen LogP contribution in [0.25, 0.3) is 0 Å². The molecule has 0 heterocycles. The van der Waals surface area contributed by atoms with Crippen molar-refractivity contribution in [3.05, 3.63) is 0 Å². The maximum atomic E-state index is 6.46. The zero-order chi connectivity index (χ0) is 23.4. The van der Waals surface area contributed by atoms with Crippen LogP contribution in [-0.2, 0) is 22.8 Å². The lowest BCUT2D eigenvalue weighted by Crippen LogP contribution is -2.56. The fourth-order valence-electron chi connectivity index (χ4n) is 3.90. The van der Waals surface area contributed by atoms with Gasteiger partial charge in [-0.15, -0.1) is 0 Å². The maximum Gasteiger partial charge on any atom is 0.514 e. The Morgan fingerprint density at radius 2 is 1.23 bits per heavy atom. The summed E-state index contributed by atoms with van der Waals surface area (Å²) in [5, 5.41) is 0. The Hall–Kier alpha value is 0.584. The summed E-state index contributed by atoms with van der Waals surface area (Å²) in [7, 11) is -3.99. The second-order valence-electron chi connectivity index (χ2n) is 7.94. The third kappa shape index (κ3) is 12.6. The molecule has 0 saturated heterocycles. The minimum absolute atomic E-state index is 0.298. The van der Waals surface area contributed by atoms with Gasteiger partial charge >= 0.3 is 8.80 Å². The highest BCUT2D eigenvalue weighted by molar-refractivity contribution is 8.01. The van der Waals surface area contributed by atoms with Crippen LogP contribution in [0.3, 0.4) is 0 Å². The SMILES string of the molecule is CCCCOCCOCCO[Si](OCC)(OCC)C(CC[Si](CC)(CC)CC)SCC. The molecule has 0 radical (unpaired) electrons. The van der Waals surface area contributed by atoms with E-state index in [9.17, 15) is 0 Å². The highest BCUT2D eigenvalue weighted by atomic mass is 32.2. The lowest BCUT2D eigenvalue weighted by Gasteiger charge is -2.37. The molecule has 0 aromatic heterocycles. The van der Waals surface area contributed by atoms with Gasteiger partial charge in [0.1, 0.15) is 0 Å². The van der Waals surface area contributed by atoms with Crippen LogP contribution in [0, 0.1) is 0 Å². The van der Waals surface area contributed by atoms with E-state index in [4.69, 9.17) is 22.8 Å². The number of unbranched alkanes of at least 4 members (excludes halogenated alkanes) is 1. The summed E-state index contributed by atoms with van der Waals surface area (Å²) in [4.78, 5) is 0.298. The standard InChI is InChI=1S/C23H52O5SSi2/c1-8-15-17-24-18-19-25-20-21-28-31(26-9-2,27-10-3)23(29-11-4)16-22-30(12-5,13-6)14-7/h23H,8-22H2,1-7H3. The third-order valence-corrected chi connectivity index (χ3v) is 17.4. The molecule has 0 spiro atoms. The molecule has 0 N–H and O–H groups in total. The monoisotopic (exact) mass is 496 g/mol. The molecule has 0 aliphatic rings. The molecule has 188 valence electrons. The molecule has 0 rings (SSSR count). The van der Waals surface area contributed by atoms with E-state index >= 15 is 0 Å². The molecule has 8 heteroatoms. The lowest BCUT2D eigenvalue weighted by molar-refractivity contribution is 0.0115. The van der Waals surface area contributed by atoms with Gasteiger partial charge in [-0.25, -0.2) is 0 Å². The van der Waals surface area contributed by atoms with E-state index in [1.807, 2.05) is 25.6 Å². The molecule has 0 bridgehead atoms. The minimum Gasteiger partial charge on any atom is -0.379 e. The summed E-state index contributed by atoms with van der Waals surface area (Å²) in [6.45, 7) is 20.0. The predicted molar refractivity (Wildman–Crippen MR) is 140 cm³/mol. The fraction of sp³-hybridized carbons (Fsp3) is 1.00. The van der Waals surface area contributed by atoms with Gasteiger partial charge in [0.2, 0.25) is 0 Å². The van der Waals surface area contributed by atoms with Crippen LogP contribution in [0.1, 0.15) is 67.7 Å². The van der Waals surface area contributed by atoms with Crippen molar-refractivity contribution in [2.75, 3.05) is 52.0 Å². The summed E-state index contributed by atoms with van der Waals surface area (Å²) in [5.74, 6) is 1.05. The van der Waals surface area contributed by atoms with Crippen molar-refractivity contribution >= 4 is 28.6 Å². The number of hydrogen-bond acceptors (Lipinski definition) is 6. The molecule has 1 atom stereocenters.